The van der Waals surface area contributed by atoms with E-state index in [1.165, 1.54) is 6.20 Å². The van der Waals surface area contributed by atoms with Crippen LogP contribution in [0.25, 0.3) is 0 Å². The first-order chi connectivity index (χ1) is 9.10. The van der Waals surface area contributed by atoms with Crippen LogP contribution in [0.4, 0.5) is 0 Å². The third-order valence-corrected chi connectivity index (χ3v) is 3.79. The molecule has 0 fully saturated rings. The lowest BCUT2D eigenvalue weighted by molar-refractivity contribution is 0.0699. The van der Waals surface area contributed by atoms with Crippen LogP contribution < -0.4 is 4.72 Å². The highest BCUT2D eigenvalue weighted by atomic mass is 32.2. The number of aromatic amines is 1. The van der Waals surface area contributed by atoms with Crippen molar-refractivity contribution in [2.24, 2.45) is 0 Å². The molecule has 0 atom stereocenters. The molecule has 0 aliphatic rings. The largest absolute Gasteiger partial charge is 0.382 e. The maximum absolute atomic E-state index is 11.9. The molecule has 0 spiro atoms. The Labute approximate surface area is 113 Å². The number of hydrogen-bond acceptors (Lipinski definition) is 5. The van der Waals surface area contributed by atoms with Crippen molar-refractivity contribution in [3.05, 3.63) is 12.0 Å². The minimum Gasteiger partial charge on any atom is -0.382 e. The molecule has 0 bridgehead atoms. The third kappa shape index (κ3) is 5.68. The molecular formula is C11H21N3O4S. The summed E-state index contributed by atoms with van der Waals surface area (Å²) in [6, 6.07) is 0. The van der Waals surface area contributed by atoms with E-state index in [-0.39, 0.29) is 5.03 Å². The maximum Gasteiger partial charge on any atom is 0.257 e. The number of hydrogen-bond donors (Lipinski definition) is 2. The molecule has 1 heterocycles. The number of methoxy groups -OCH3 is 1. The average Bonchev–Trinajstić information content (AvgIpc) is 2.87. The van der Waals surface area contributed by atoms with Crippen molar-refractivity contribution in [2.45, 2.75) is 24.8 Å². The molecule has 0 aliphatic heterocycles. The Morgan fingerprint density at radius 1 is 1.37 bits per heavy atom. The Bertz CT molecular complexity index is 458. The summed E-state index contributed by atoms with van der Waals surface area (Å²) < 4.78 is 36.3. The number of rotatable bonds is 10. The number of H-pyrrole nitrogens is 1. The van der Waals surface area contributed by atoms with Gasteiger partial charge in [-0.2, -0.15) is 0 Å². The summed E-state index contributed by atoms with van der Waals surface area (Å²) in [5, 5.41) is 0.102. The second-order valence-corrected chi connectivity index (χ2v) is 5.64. The second kappa shape index (κ2) is 8.26. The lowest BCUT2D eigenvalue weighted by Gasteiger charge is -2.05. The summed E-state index contributed by atoms with van der Waals surface area (Å²) in [6.45, 7) is 3.79. The third-order valence-electron chi connectivity index (χ3n) is 2.42. The van der Waals surface area contributed by atoms with Gasteiger partial charge in [0.05, 0.1) is 19.4 Å². The topological polar surface area (TPSA) is 93.3 Å². The number of sulfonamides is 1. The van der Waals surface area contributed by atoms with Crippen LogP contribution in [-0.4, -0.2) is 51.9 Å². The number of ether oxygens (including phenoxy) is 2. The first kappa shape index (κ1) is 16.1. The van der Waals surface area contributed by atoms with Crippen LogP contribution in [-0.2, 0) is 25.9 Å². The van der Waals surface area contributed by atoms with E-state index >= 15 is 0 Å². The molecule has 0 saturated carbocycles. The van der Waals surface area contributed by atoms with Crippen molar-refractivity contribution in [2.75, 3.05) is 33.5 Å². The summed E-state index contributed by atoms with van der Waals surface area (Å²) in [6.07, 6.45) is 2.61. The molecule has 0 aromatic carbocycles. The predicted octanol–water partition coefficient (Wildman–Crippen LogP) is 0.304. The summed E-state index contributed by atoms with van der Waals surface area (Å²) in [4.78, 5) is 6.73. The maximum atomic E-state index is 11.9. The average molecular weight is 291 g/mol. The van der Waals surface area contributed by atoms with Crippen LogP contribution in [0.15, 0.2) is 11.2 Å². The van der Waals surface area contributed by atoms with Gasteiger partial charge in [0, 0.05) is 26.7 Å². The summed E-state index contributed by atoms with van der Waals surface area (Å²) in [5.41, 5.74) is 0. The Morgan fingerprint density at radius 3 is 2.79 bits per heavy atom. The van der Waals surface area contributed by atoms with Crippen LogP contribution in [0.1, 0.15) is 19.2 Å². The summed E-state index contributed by atoms with van der Waals surface area (Å²) in [7, 11) is -1.89. The van der Waals surface area contributed by atoms with E-state index in [9.17, 15) is 8.42 Å². The first-order valence-corrected chi connectivity index (χ1v) is 7.68. The van der Waals surface area contributed by atoms with Crippen LogP contribution in [0, 0.1) is 0 Å². The Hall–Kier alpha value is -0.960. The monoisotopic (exact) mass is 291 g/mol. The molecule has 19 heavy (non-hydrogen) atoms. The summed E-state index contributed by atoms with van der Waals surface area (Å²) in [5.74, 6) is 0.656. The van der Waals surface area contributed by atoms with E-state index in [1.54, 1.807) is 7.11 Å². The van der Waals surface area contributed by atoms with Gasteiger partial charge in [0.25, 0.3) is 10.0 Å². The van der Waals surface area contributed by atoms with Gasteiger partial charge in [0.1, 0.15) is 5.82 Å². The van der Waals surface area contributed by atoms with Gasteiger partial charge in [-0.1, -0.05) is 6.92 Å². The Kier molecular flexibility index (Phi) is 7.00. The molecule has 1 rings (SSSR count). The van der Waals surface area contributed by atoms with Crippen LogP contribution in [0.5, 0.6) is 0 Å². The minimum absolute atomic E-state index is 0.102. The zero-order valence-corrected chi connectivity index (χ0v) is 12.1. The van der Waals surface area contributed by atoms with Gasteiger partial charge >= 0.3 is 0 Å². The van der Waals surface area contributed by atoms with E-state index in [1.807, 2.05) is 6.92 Å². The molecular weight excluding hydrogens is 270 g/mol. The van der Waals surface area contributed by atoms with Crippen molar-refractivity contribution in [1.29, 1.82) is 0 Å². The molecule has 110 valence electrons. The van der Waals surface area contributed by atoms with E-state index in [0.717, 1.165) is 0 Å². The van der Waals surface area contributed by atoms with Crippen molar-refractivity contribution in [1.82, 2.24) is 14.7 Å². The number of aromatic nitrogens is 2. The molecule has 0 saturated heterocycles. The SMILES string of the molecule is CCc1ncc(S(=O)(=O)NCCCOCCOC)[nH]1. The normalized spacial score (nSPS) is 11.9. The fourth-order valence-corrected chi connectivity index (χ4v) is 2.37. The Morgan fingerprint density at radius 2 is 2.16 bits per heavy atom. The van der Waals surface area contributed by atoms with Gasteiger partial charge in [-0.25, -0.2) is 18.1 Å². The molecule has 0 unspecified atom stereocenters. The first-order valence-electron chi connectivity index (χ1n) is 6.20. The fourth-order valence-electron chi connectivity index (χ4n) is 1.36. The van der Waals surface area contributed by atoms with Crippen LogP contribution >= 0.6 is 0 Å². The minimum atomic E-state index is -3.50. The number of aryl methyl sites for hydroxylation is 1. The quantitative estimate of drug-likeness (QED) is 0.605. The van der Waals surface area contributed by atoms with Gasteiger partial charge in [-0.3, -0.25) is 0 Å². The Balaban J connectivity index is 2.27. The highest BCUT2D eigenvalue weighted by molar-refractivity contribution is 7.89. The van der Waals surface area contributed by atoms with E-state index in [0.29, 0.717) is 45.0 Å². The van der Waals surface area contributed by atoms with Gasteiger partial charge in [-0.15, -0.1) is 0 Å². The van der Waals surface area contributed by atoms with Gasteiger partial charge < -0.3 is 14.5 Å². The molecule has 0 aliphatic carbocycles. The zero-order valence-electron chi connectivity index (χ0n) is 11.3. The van der Waals surface area contributed by atoms with Gasteiger partial charge in [0.15, 0.2) is 5.03 Å². The standard InChI is InChI=1S/C11H21N3O4S/c1-3-10-12-9-11(14-10)19(15,16)13-5-4-6-18-8-7-17-2/h9,13H,3-8H2,1-2H3,(H,12,14). The summed E-state index contributed by atoms with van der Waals surface area (Å²) >= 11 is 0. The highest BCUT2D eigenvalue weighted by Gasteiger charge is 2.15. The number of nitrogens with zero attached hydrogens (tertiary/aromatic N) is 1. The van der Waals surface area contributed by atoms with Gasteiger partial charge in [0.2, 0.25) is 0 Å². The lowest BCUT2D eigenvalue weighted by atomic mass is 10.5. The highest BCUT2D eigenvalue weighted by Crippen LogP contribution is 2.05. The van der Waals surface area contributed by atoms with E-state index in [2.05, 4.69) is 14.7 Å². The molecule has 2 N–H and O–H groups in total. The molecule has 0 radical (unpaired) electrons. The number of imidazole rings is 1. The van der Waals surface area contributed by atoms with Crippen LogP contribution in [0.2, 0.25) is 0 Å². The zero-order chi connectivity index (χ0) is 14.1. The molecule has 1 aromatic rings. The van der Waals surface area contributed by atoms with Gasteiger partial charge in [-0.05, 0) is 6.42 Å². The second-order valence-electron chi connectivity index (χ2n) is 3.90. The van der Waals surface area contributed by atoms with E-state index < -0.39 is 10.0 Å². The lowest BCUT2D eigenvalue weighted by Crippen LogP contribution is -2.26. The van der Waals surface area contributed by atoms with Crippen molar-refractivity contribution >= 4 is 10.0 Å². The van der Waals surface area contributed by atoms with E-state index in [4.69, 9.17) is 9.47 Å². The predicted molar refractivity (Wildman–Crippen MR) is 70.5 cm³/mol. The molecule has 8 heteroatoms. The molecule has 0 amide bonds. The fraction of sp³-hybridized carbons (Fsp3) is 0.727. The van der Waals surface area contributed by atoms with Crippen molar-refractivity contribution < 1.29 is 17.9 Å². The smallest absolute Gasteiger partial charge is 0.257 e. The number of nitrogens with one attached hydrogen (secondary N) is 2. The van der Waals surface area contributed by atoms with Crippen molar-refractivity contribution in [3.63, 3.8) is 0 Å². The van der Waals surface area contributed by atoms with Crippen molar-refractivity contribution in [3.8, 4) is 0 Å². The molecule has 1 aromatic heterocycles. The van der Waals surface area contributed by atoms with Crippen LogP contribution in [0.3, 0.4) is 0 Å². The molecule has 7 nitrogen and oxygen atoms in total.